The second kappa shape index (κ2) is 6.41. The van der Waals surface area contributed by atoms with Crippen molar-refractivity contribution in [1.82, 2.24) is 4.90 Å². The molecule has 0 amide bonds. The fourth-order valence-electron chi connectivity index (χ4n) is 2.11. The lowest BCUT2D eigenvalue weighted by atomic mass is 10.1. The lowest BCUT2D eigenvalue weighted by molar-refractivity contribution is -0.387. The third-order valence-corrected chi connectivity index (χ3v) is 3.00. The highest BCUT2D eigenvalue weighted by molar-refractivity contribution is 5.35. The Kier molecular flexibility index (Phi) is 4.59. The molecule has 2 aromatic rings. The smallest absolute Gasteiger partial charge is 0.298 e. The zero-order valence-electron chi connectivity index (χ0n) is 11.4. The molecule has 0 aliphatic heterocycles. The van der Waals surface area contributed by atoms with Crippen LogP contribution in [0.2, 0.25) is 0 Å². The van der Waals surface area contributed by atoms with Gasteiger partial charge >= 0.3 is 5.69 Å². The zero-order chi connectivity index (χ0) is 15.4. The van der Waals surface area contributed by atoms with E-state index in [1.807, 2.05) is 11.9 Å². The van der Waals surface area contributed by atoms with Gasteiger partial charge in [0.25, 0.3) is 0 Å². The molecule has 0 saturated heterocycles. The molecular formula is C15H14F2N2O2. The van der Waals surface area contributed by atoms with E-state index < -0.39 is 16.4 Å². The minimum atomic E-state index is -0.850. The van der Waals surface area contributed by atoms with Crippen LogP contribution in [0.25, 0.3) is 0 Å². The summed E-state index contributed by atoms with van der Waals surface area (Å²) in [6.07, 6.45) is 0. The number of nitro groups is 1. The van der Waals surface area contributed by atoms with Crippen LogP contribution in [0.1, 0.15) is 11.1 Å². The Morgan fingerprint density at radius 3 is 2.33 bits per heavy atom. The Bertz CT molecular complexity index is 662. The van der Waals surface area contributed by atoms with Gasteiger partial charge in [0.1, 0.15) is 5.82 Å². The molecule has 21 heavy (non-hydrogen) atoms. The van der Waals surface area contributed by atoms with E-state index in [0.717, 1.165) is 17.7 Å². The summed E-state index contributed by atoms with van der Waals surface area (Å²) in [7, 11) is 1.81. The van der Waals surface area contributed by atoms with Crippen LogP contribution in [0.15, 0.2) is 42.5 Å². The van der Waals surface area contributed by atoms with Gasteiger partial charge in [0.2, 0.25) is 5.82 Å². The van der Waals surface area contributed by atoms with Gasteiger partial charge < -0.3 is 0 Å². The van der Waals surface area contributed by atoms with E-state index in [4.69, 9.17) is 0 Å². The predicted molar refractivity (Wildman–Crippen MR) is 74.6 cm³/mol. The van der Waals surface area contributed by atoms with E-state index in [9.17, 15) is 18.9 Å². The Morgan fingerprint density at radius 2 is 1.76 bits per heavy atom. The van der Waals surface area contributed by atoms with Crippen molar-refractivity contribution in [2.75, 3.05) is 7.05 Å². The summed E-state index contributed by atoms with van der Waals surface area (Å²) < 4.78 is 26.6. The Balaban J connectivity index is 2.04. The van der Waals surface area contributed by atoms with Gasteiger partial charge in [-0.05, 0) is 36.4 Å². The topological polar surface area (TPSA) is 46.4 Å². The molecule has 4 nitrogen and oxygen atoms in total. The molecule has 0 aromatic heterocycles. The number of nitro benzene ring substituents is 1. The molecule has 0 N–H and O–H groups in total. The number of hydrogen-bond donors (Lipinski definition) is 0. The summed E-state index contributed by atoms with van der Waals surface area (Å²) in [5.74, 6) is -1.15. The van der Waals surface area contributed by atoms with E-state index >= 15 is 0 Å². The van der Waals surface area contributed by atoms with E-state index in [1.54, 1.807) is 12.1 Å². The third kappa shape index (κ3) is 4.06. The Hall–Kier alpha value is -2.34. The Labute approximate surface area is 120 Å². The van der Waals surface area contributed by atoms with Gasteiger partial charge in [0, 0.05) is 19.2 Å². The molecule has 0 bridgehead atoms. The van der Waals surface area contributed by atoms with E-state index in [0.29, 0.717) is 18.7 Å². The lowest BCUT2D eigenvalue weighted by Gasteiger charge is -2.16. The fraction of sp³-hybridized carbons (Fsp3) is 0.200. The van der Waals surface area contributed by atoms with Crippen molar-refractivity contribution < 1.29 is 13.7 Å². The quantitative estimate of drug-likeness (QED) is 0.626. The van der Waals surface area contributed by atoms with Crippen LogP contribution >= 0.6 is 0 Å². The van der Waals surface area contributed by atoms with Gasteiger partial charge in [0.05, 0.1) is 4.92 Å². The monoisotopic (exact) mass is 292 g/mol. The van der Waals surface area contributed by atoms with Crippen LogP contribution < -0.4 is 0 Å². The molecule has 0 atom stereocenters. The van der Waals surface area contributed by atoms with Crippen LogP contribution in [0.5, 0.6) is 0 Å². The molecule has 6 heteroatoms. The van der Waals surface area contributed by atoms with Crippen molar-refractivity contribution in [3.05, 3.63) is 75.3 Å². The van der Waals surface area contributed by atoms with Crippen molar-refractivity contribution in [2.24, 2.45) is 0 Å². The predicted octanol–water partition coefficient (Wildman–Crippen LogP) is 3.51. The van der Waals surface area contributed by atoms with Gasteiger partial charge in [-0.1, -0.05) is 18.2 Å². The molecule has 2 rings (SSSR count). The SMILES string of the molecule is CN(Cc1cccc(F)c1)Cc1ccc([N+](=O)[O-])c(F)c1. The highest BCUT2D eigenvalue weighted by atomic mass is 19.1. The van der Waals surface area contributed by atoms with Crippen molar-refractivity contribution in [2.45, 2.75) is 13.1 Å². The first-order valence-electron chi connectivity index (χ1n) is 6.31. The maximum atomic E-state index is 13.5. The molecule has 0 fully saturated rings. The zero-order valence-corrected chi connectivity index (χ0v) is 11.4. The third-order valence-electron chi connectivity index (χ3n) is 3.00. The molecule has 0 radical (unpaired) electrons. The average molecular weight is 292 g/mol. The summed E-state index contributed by atoms with van der Waals surface area (Å²) in [6, 6.07) is 10.1. The summed E-state index contributed by atoms with van der Waals surface area (Å²) in [6.45, 7) is 0.905. The van der Waals surface area contributed by atoms with Crippen LogP contribution in [0.4, 0.5) is 14.5 Å². The molecule has 0 aliphatic carbocycles. The molecule has 110 valence electrons. The number of hydrogen-bond acceptors (Lipinski definition) is 3. The Morgan fingerprint density at radius 1 is 1.10 bits per heavy atom. The molecule has 0 spiro atoms. The second-order valence-corrected chi connectivity index (χ2v) is 4.85. The number of rotatable bonds is 5. The largest absolute Gasteiger partial charge is 0.304 e. The summed E-state index contributed by atoms with van der Waals surface area (Å²) >= 11 is 0. The summed E-state index contributed by atoms with van der Waals surface area (Å²) in [5, 5.41) is 10.5. The average Bonchev–Trinajstić information content (AvgIpc) is 2.38. The minimum Gasteiger partial charge on any atom is -0.298 e. The number of nitrogens with zero attached hydrogens (tertiary/aromatic N) is 2. The highest BCUT2D eigenvalue weighted by Crippen LogP contribution is 2.19. The lowest BCUT2D eigenvalue weighted by Crippen LogP contribution is -2.17. The van der Waals surface area contributed by atoms with Gasteiger partial charge in [-0.2, -0.15) is 4.39 Å². The second-order valence-electron chi connectivity index (χ2n) is 4.85. The fourth-order valence-corrected chi connectivity index (χ4v) is 2.11. The van der Waals surface area contributed by atoms with Crippen molar-refractivity contribution in [1.29, 1.82) is 0 Å². The van der Waals surface area contributed by atoms with Crippen LogP contribution in [0, 0.1) is 21.7 Å². The van der Waals surface area contributed by atoms with Crippen LogP contribution in [-0.4, -0.2) is 16.9 Å². The van der Waals surface area contributed by atoms with Crippen molar-refractivity contribution in [3.63, 3.8) is 0 Å². The molecule has 0 heterocycles. The van der Waals surface area contributed by atoms with Crippen molar-refractivity contribution in [3.8, 4) is 0 Å². The number of halogens is 2. The molecule has 2 aromatic carbocycles. The normalized spacial score (nSPS) is 10.9. The van der Waals surface area contributed by atoms with Gasteiger partial charge in [0.15, 0.2) is 0 Å². The number of benzene rings is 2. The summed E-state index contributed by atoms with van der Waals surface area (Å²) in [4.78, 5) is 11.7. The first-order chi connectivity index (χ1) is 9.95. The van der Waals surface area contributed by atoms with E-state index in [2.05, 4.69) is 0 Å². The van der Waals surface area contributed by atoms with Gasteiger partial charge in [-0.15, -0.1) is 0 Å². The van der Waals surface area contributed by atoms with Crippen molar-refractivity contribution >= 4 is 5.69 Å². The standard InChI is InChI=1S/C15H14F2N2O2/c1-18(9-11-3-2-4-13(16)7-11)10-12-5-6-15(19(20)21)14(17)8-12/h2-8H,9-10H2,1H3. The van der Waals surface area contributed by atoms with Gasteiger partial charge in [-0.3, -0.25) is 15.0 Å². The van der Waals surface area contributed by atoms with Crippen LogP contribution in [0.3, 0.4) is 0 Å². The molecule has 0 saturated carbocycles. The maximum Gasteiger partial charge on any atom is 0.304 e. The first-order valence-corrected chi connectivity index (χ1v) is 6.31. The first kappa shape index (κ1) is 15.1. The van der Waals surface area contributed by atoms with Gasteiger partial charge in [-0.25, -0.2) is 4.39 Å². The minimum absolute atomic E-state index is 0.303. The molecular weight excluding hydrogens is 278 g/mol. The molecule has 0 aliphatic rings. The summed E-state index contributed by atoms with van der Waals surface area (Å²) in [5.41, 5.74) is 0.892. The van der Waals surface area contributed by atoms with Crippen LogP contribution in [-0.2, 0) is 13.1 Å². The highest BCUT2D eigenvalue weighted by Gasteiger charge is 2.14. The van der Waals surface area contributed by atoms with E-state index in [1.165, 1.54) is 18.2 Å². The molecule has 0 unspecified atom stereocenters. The van der Waals surface area contributed by atoms with E-state index in [-0.39, 0.29) is 5.82 Å². The maximum absolute atomic E-state index is 13.5.